The van der Waals surface area contributed by atoms with Crippen LogP contribution < -0.4 is 16.1 Å². The number of ether oxygens (including phenoxy) is 1. The van der Waals surface area contributed by atoms with Crippen molar-refractivity contribution in [1.29, 1.82) is 0 Å². The molecule has 0 amide bonds. The molecule has 3 N–H and O–H groups in total. The van der Waals surface area contributed by atoms with Crippen LogP contribution in [0, 0.1) is 5.82 Å². The van der Waals surface area contributed by atoms with Gasteiger partial charge in [-0.25, -0.2) is 14.4 Å². The van der Waals surface area contributed by atoms with Gasteiger partial charge in [0.15, 0.2) is 11.2 Å². The van der Waals surface area contributed by atoms with Gasteiger partial charge in [0.05, 0.1) is 30.5 Å². The molecule has 3 heterocycles. The Bertz CT molecular complexity index is 1290. The standard InChI is InChI=1S/C27H34FN5O3/c1-16(2)33-19(13-29-18-5-3-4-6-18)12-24(34)20-8-7-17(11-23(20)33)26-21(28)14-30-27(32-26)31-22-9-10-36-15-25(22)35/h7-8,11-12,14,16,18,22,25,29,35H,3-6,9-10,13,15H2,1-2H3,(H,30,31,32)/t22-,25-/m1/s1. The van der Waals surface area contributed by atoms with E-state index in [1.54, 1.807) is 18.2 Å². The average molecular weight is 496 g/mol. The molecule has 3 aromatic rings. The molecule has 9 heteroatoms. The zero-order chi connectivity index (χ0) is 25.2. The molecule has 0 radical (unpaired) electrons. The molecule has 1 aliphatic heterocycles. The van der Waals surface area contributed by atoms with Crippen LogP contribution in [0.15, 0.2) is 35.3 Å². The summed E-state index contributed by atoms with van der Waals surface area (Å²) in [6, 6.07) is 7.35. The molecule has 8 nitrogen and oxygen atoms in total. The van der Waals surface area contributed by atoms with Crippen molar-refractivity contribution in [1.82, 2.24) is 19.9 Å². The van der Waals surface area contributed by atoms with E-state index in [0.29, 0.717) is 36.6 Å². The lowest BCUT2D eigenvalue weighted by atomic mass is 10.1. The van der Waals surface area contributed by atoms with Gasteiger partial charge in [-0.1, -0.05) is 18.9 Å². The minimum Gasteiger partial charge on any atom is -0.389 e. The molecule has 2 aromatic heterocycles. The third-order valence-electron chi connectivity index (χ3n) is 7.23. The highest BCUT2D eigenvalue weighted by Crippen LogP contribution is 2.28. The highest BCUT2D eigenvalue weighted by atomic mass is 19.1. The van der Waals surface area contributed by atoms with Crippen LogP contribution in [0.1, 0.15) is 57.7 Å². The maximum absolute atomic E-state index is 14.9. The summed E-state index contributed by atoms with van der Waals surface area (Å²) in [5.74, 6) is -0.307. The van der Waals surface area contributed by atoms with Crippen molar-refractivity contribution in [2.75, 3.05) is 18.5 Å². The molecule has 1 saturated carbocycles. The SMILES string of the molecule is CC(C)n1c(CNC2CCCC2)cc(=O)c2ccc(-c3nc(N[C@@H]4CCOC[C@H]4O)ncc3F)cc21. The quantitative estimate of drug-likeness (QED) is 0.459. The third-order valence-corrected chi connectivity index (χ3v) is 7.23. The predicted octanol–water partition coefficient (Wildman–Crippen LogP) is 3.77. The number of anilines is 1. The molecule has 192 valence electrons. The normalized spacial score (nSPS) is 20.9. The highest BCUT2D eigenvalue weighted by Gasteiger charge is 2.25. The van der Waals surface area contributed by atoms with E-state index in [1.807, 2.05) is 6.07 Å². The Labute approximate surface area is 209 Å². The molecule has 1 aliphatic carbocycles. The average Bonchev–Trinajstić information content (AvgIpc) is 3.38. The zero-order valence-electron chi connectivity index (χ0n) is 20.8. The largest absolute Gasteiger partial charge is 0.389 e. The first kappa shape index (κ1) is 24.8. The van der Waals surface area contributed by atoms with E-state index in [0.717, 1.165) is 30.2 Å². The van der Waals surface area contributed by atoms with Gasteiger partial charge in [0.25, 0.3) is 0 Å². The van der Waals surface area contributed by atoms with E-state index in [9.17, 15) is 14.3 Å². The van der Waals surface area contributed by atoms with Crippen molar-refractivity contribution < 1.29 is 14.2 Å². The Hall–Kier alpha value is -2.88. The van der Waals surface area contributed by atoms with E-state index in [2.05, 4.69) is 39.0 Å². The lowest BCUT2D eigenvalue weighted by molar-refractivity contribution is -0.0136. The van der Waals surface area contributed by atoms with Gasteiger partial charge >= 0.3 is 0 Å². The zero-order valence-corrected chi connectivity index (χ0v) is 20.8. The van der Waals surface area contributed by atoms with Gasteiger partial charge in [-0.15, -0.1) is 0 Å². The van der Waals surface area contributed by atoms with E-state index in [4.69, 9.17) is 4.74 Å². The topological polar surface area (TPSA) is 101 Å². The summed E-state index contributed by atoms with van der Waals surface area (Å²) in [4.78, 5) is 21.5. The Morgan fingerprint density at radius 2 is 2.03 bits per heavy atom. The number of aliphatic hydroxyl groups is 1. The number of hydrogen-bond donors (Lipinski definition) is 3. The number of pyridine rings is 1. The maximum Gasteiger partial charge on any atom is 0.223 e. The van der Waals surface area contributed by atoms with Gasteiger partial charge < -0.3 is 25.0 Å². The van der Waals surface area contributed by atoms with Gasteiger partial charge in [0, 0.05) is 47.9 Å². The first-order valence-corrected chi connectivity index (χ1v) is 12.9. The lowest BCUT2D eigenvalue weighted by Crippen LogP contribution is -2.42. The van der Waals surface area contributed by atoms with Crippen LogP contribution >= 0.6 is 0 Å². The number of nitrogens with zero attached hydrogens (tertiary/aromatic N) is 3. The van der Waals surface area contributed by atoms with Crippen molar-refractivity contribution >= 4 is 16.9 Å². The van der Waals surface area contributed by atoms with Crippen molar-refractivity contribution in [3.05, 3.63) is 52.2 Å². The molecule has 2 fully saturated rings. The summed E-state index contributed by atoms with van der Waals surface area (Å²) in [7, 11) is 0. The van der Waals surface area contributed by atoms with Crippen LogP contribution in [0.2, 0.25) is 0 Å². The molecule has 2 aliphatic rings. The second-order valence-corrected chi connectivity index (χ2v) is 10.1. The lowest BCUT2D eigenvalue weighted by Gasteiger charge is -2.28. The number of benzene rings is 1. The van der Waals surface area contributed by atoms with Gasteiger partial charge in [-0.05, 0) is 45.2 Å². The Morgan fingerprint density at radius 3 is 2.78 bits per heavy atom. The van der Waals surface area contributed by atoms with Crippen LogP contribution in [0.5, 0.6) is 0 Å². The van der Waals surface area contributed by atoms with E-state index < -0.39 is 11.9 Å². The van der Waals surface area contributed by atoms with Crippen molar-refractivity contribution in [2.45, 2.75) is 76.7 Å². The third kappa shape index (κ3) is 5.14. The summed E-state index contributed by atoms with van der Waals surface area (Å²) in [6.07, 6.45) is 5.86. The number of halogens is 1. The maximum atomic E-state index is 14.9. The number of nitrogens with one attached hydrogen (secondary N) is 2. The molecule has 2 atom stereocenters. The number of aromatic nitrogens is 3. The fraction of sp³-hybridized carbons (Fsp3) is 0.519. The van der Waals surface area contributed by atoms with Gasteiger partial charge in [0.2, 0.25) is 5.95 Å². The van der Waals surface area contributed by atoms with Gasteiger partial charge in [0.1, 0.15) is 5.69 Å². The van der Waals surface area contributed by atoms with Crippen molar-refractivity contribution in [3.8, 4) is 11.3 Å². The number of fused-ring (bicyclic) bond motifs is 1. The van der Waals surface area contributed by atoms with Crippen LogP contribution in [0.4, 0.5) is 10.3 Å². The molecule has 0 unspecified atom stereocenters. The van der Waals surface area contributed by atoms with Crippen LogP contribution in [0.3, 0.4) is 0 Å². The van der Waals surface area contributed by atoms with E-state index >= 15 is 0 Å². The summed E-state index contributed by atoms with van der Waals surface area (Å²) in [5.41, 5.74) is 2.34. The molecule has 0 spiro atoms. The predicted molar refractivity (Wildman–Crippen MR) is 138 cm³/mol. The monoisotopic (exact) mass is 495 g/mol. The molecular formula is C27H34FN5O3. The molecular weight excluding hydrogens is 461 g/mol. The summed E-state index contributed by atoms with van der Waals surface area (Å²) >= 11 is 0. The minimum atomic E-state index is -0.687. The van der Waals surface area contributed by atoms with E-state index in [-0.39, 0.29) is 35.8 Å². The summed E-state index contributed by atoms with van der Waals surface area (Å²) in [5, 5.41) is 17.5. The molecule has 1 aromatic carbocycles. The van der Waals surface area contributed by atoms with Crippen molar-refractivity contribution in [3.63, 3.8) is 0 Å². The Kier molecular flexibility index (Phi) is 7.32. The Morgan fingerprint density at radius 1 is 1.22 bits per heavy atom. The highest BCUT2D eigenvalue weighted by molar-refractivity contribution is 5.84. The minimum absolute atomic E-state index is 0.0457. The second-order valence-electron chi connectivity index (χ2n) is 10.1. The van der Waals surface area contributed by atoms with Crippen LogP contribution in [-0.4, -0.2) is 51.0 Å². The number of rotatable bonds is 7. The molecule has 1 saturated heterocycles. The van der Waals surface area contributed by atoms with Crippen LogP contribution in [0.25, 0.3) is 22.2 Å². The number of hydrogen-bond acceptors (Lipinski definition) is 7. The first-order valence-electron chi connectivity index (χ1n) is 12.9. The smallest absolute Gasteiger partial charge is 0.223 e. The molecule has 0 bridgehead atoms. The summed E-state index contributed by atoms with van der Waals surface area (Å²) in [6.45, 7) is 5.55. The van der Waals surface area contributed by atoms with E-state index in [1.165, 1.54) is 12.8 Å². The fourth-order valence-corrected chi connectivity index (χ4v) is 5.36. The van der Waals surface area contributed by atoms with Crippen LogP contribution in [-0.2, 0) is 11.3 Å². The molecule has 5 rings (SSSR count). The summed E-state index contributed by atoms with van der Waals surface area (Å²) < 4.78 is 22.3. The Balaban J connectivity index is 1.51. The number of aliphatic hydroxyl groups excluding tert-OH is 1. The van der Waals surface area contributed by atoms with Gasteiger partial charge in [-0.2, -0.15) is 0 Å². The van der Waals surface area contributed by atoms with Gasteiger partial charge in [-0.3, -0.25) is 4.79 Å². The molecule has 36 heavy (non-hydrogen) atoms. The second kappa shape index (κ2) is 10.6. The first-order chi connectivity index (χ1) is 17.4. The van der Waals surface area contributed by atoms with Crippen molar-refractivity contribution in [2.24, 2.45) is 0 Å². The fourth-order valence-electron chi connectivity index (χ4n) is 5.36.